The monoisotopic (exact) mass is 268 g/mol. The molecule has 0 saturated heterocycles. The molecule has 1 saturated carbocycles. The van der Waals surface area contributed by atoms with Crippen molar-refractivity contribution in [1.29, 1.82) is 5.26 Å². The number of benzene rings is 1. The van der Waals surface area contributed by atoms with Crippen LogP contribution in [0.4, 0.5) is 4.39 Å². The van der Waals surface area contributed by atoms with Gasteiger partial charge in [-0.3, -0.25) is 0 Å². The number of nitrogens with zero attached hydrogens (tertiary/aromatic N) is 2. The van der Waals surface area contributed by atoms with E-state index in [0.717, 1.165) is 18.9 Å². The Balaban J connectivity index is 2.40. The molecule has 0 N–H and O–H groups in total. The van der Waals surface area contributed by atoms with Crippen molar-refractivity contribution in [3.05, 3.63) is 29.6 Å². The quantitative estimate of drug-likeness (QED) is 0.782. The minimum Gasteiger partial charge on any atom is -0.207 e. The molecule has 0 amide bonds. The van der Waals surface area contributed by atoms with Crippen molar-refractivity contribution in [2.45, 2.75) is 30.7 Å². The van der Waals surface area contributed by atoms with Crippen LogP contribution in [0.3, 0.4) is 0 Å². The molecule has 4 nitrogen and oxygen atoms in total. The standard InChI is InChI=1S/C12H13FN2O2S/c1-9-8-11(4-5-12(9)13)18(16,17)15(7-6-14)10-2-3-10/h4-5,8,10H,2-3,7H2,1H3. The van der Waals surface area contributed by atoms with Crippen LogP contribution in [-0.2, 0) is 10.0 Å². The highest BCUT2D eigenvalue weighted by atomic mass is 32.2. The second kappa shape index (κ2) is 4.67. The zero-order valence-corrected chi connectivity index (χ0v) is 10.7. The maximum Gasteiger partial charge on any atom is 0.244 e. The molecule has 0 spiro atoms. The normalized spacial score (nSPS) is 15.7. The molecule has 1 aromatic carbocycles. The summed E-state index contributed by atoms with van der Waals surface area (Å²) in [4.78, 5) is 0.0450. The number of rotatable bonds is 4. The van der Waals surface area contributed by atoms with E-state index in [1.165, 1.54) is 23.4 Å². The van der Waals surface area contributed by atoms with Crippen molar-refractivity contribution in [2.75, 3.05) is 6.54 Å². The van der Waals surface area contributed by atoms with Gasteiger partial charge in [-0.15, -0.1) is 0 Å². The maximum atomic E-state index is 13.1. The fourth-order valence-electron chi connectivity index (χ4n) is 1.76. The molecule has 0 bridgehead atoms. The Kier molecular flexibility index (Phi) is 3.37. The lowest BCUT2D eigenvalue weighted by molar-refractivity contribution is 0.438. The van der Waals surface area contributed by atoms with E-state index in [4.69, 9.17) is 5.26 Å². The van der Waals surface area contributed by atoms with E-state index in [0.29, 0.717) is 0 Å². The van der Waals surface area contributed by atoms with E-state index in [-0.39, 0.29) is 23.0 Å². The lowest BCUT2D eigenvalue weighted by Gasteiger charge is -2.18. The molecule has 1 fully saturated rings. The minimum absolute atomic E-state index is 0.0450. The van der Waals surface area contributed by atoms with Crippen molar-refractivity contribution in [3.63, 3.8) is 0 Å². The average molecular weight is 268 g/mol. The molecule has 18 heavy (non-hydrogen) atoms. The molecular formula is C12H13FN2O2S. The summed E-state index contributed by atoms with van der Waals surface area (Å²) >= 11 is 0. The van der Waals surface area contributed by atoms with E-state index in [1.54, 1.807) is 0 Å². The van der Waals surface area contributed by atoms with Gasteiger partial charge in [-0.25, -0.2) is 12.8 Å². The predicted octanol–water partition coefficient (Wildman–Crippen LogP) is 1.81. The van der Waals surface area contributed by atoms with Crippen LogP contribution in [0.25, 0.3) is 0 Å². The average Bonchev–Trinajstić information content (AvgIpc) is 3.13. The first-order chi connectivity index (χ1) is 8.46. The fourth-order valence-corrected chi connectivity index (χ4v) is 3.42. The van der Waals surface area contributed by atoms with Crippen LogP contribution in [0.5, 0.6) is 0 Å². The molecule has 0 radical (unpaired) electrons. The lowest BCUT2D eigenvalue weighted by atomic mass is 10.2. The second-order valence-corrected chi connectivity index (χ2v) is 6.24. The van der Waals surface area contributed by atoms with E-state index in [2.05, 4.69) is 0 Å². The first-order valence-electron chi connectivity index (χ1n) is 5.62. The Morgan fingerprint density at radius 2 is 2.17 bits per heavy atom. The Hall–Kier alpha value is -1.45. The molecular weight excluding hydrogens is 255 g/mol. The summed E-state index contributed by atoms with van der Waals surface area (Å²) in [6, 6.07) is 5.46. The molecule has 96 valence electrons. The first kappa shape index (κ1) is 13.0. The molecule has 6 heteroatoms. The zero-order valence-electron chi connectivity index (χ0n) is 9.93. The van der Waals surface area contributed by atoms with Crippen LogP contribution in [-0.4, -0.2) is 25.3 Å². The molecule has 1 aliphatic rings. The van der Waals surface area contributed by atoms with Gasteiger partial charge in [0, 0.05) is 6.04 Å². The third-order valence-electron chi connectivity index (χ3n) is 2.92. The molecule has 0 aliphatic heterocycles. The topological polar surface area (TPSA) is 61.2 Å². The van der Waals surface area contributed by atoms with Gasteiger partial charge in [-0.1, -0.05) is 0 Å². The third-order valence-corrected chi connectivity index (χ3v) is 4.81. The van der Waals surface area contributed by atoms with Gasteiger partial charge in [0.25, 0.3) is 0 Å². The summed E-state index contributed by atoms with van der Waals surface area (Å²) in [7, 11) is -3.70. The minimum atomic E-state index is -3.70. The SMILES string of the molecule is Cc1cc(S(=O)(=O)N(CC#N)C2CC2)ccc1F. The summed E-state index contributed by atoms with van der Waals surface area (Å²) in [6.45, 7) is 1.35. The molecule has 1 aromatic rings. The van der Waals surface area contributed by atoms with Gasteiger partial charge in [0.05, 0.1) is 11.0 Å². The van der Waals surface area contributed by atoms with Gasteiger partial charge >= 0.3 is 0 Å². The highest BCUT2D eigenvalue weighted by Gasteiger charge is 2.38. The van der Waals surface area contributed by atoms with Gasteiger partial charge in [-0.2, -0.15) is 9.57 Å². The maximum absolute atomic E-state index is 13.1. The van der Waals surface area contributed by atoms with Crippen molar-refractivity contribution < 1.29 is 12.8 Å². The molecule has 0 aromatic heterocycles. The van der Waals surface area contributed by atoms with Crippen molar-refractivity contribution >= 4 is 10.0 Å². The highest BCUT2D eigenvalue weighted by Crippen LogP contribution is 2.32. The van der Waals surface area contributed by atoms with Crippen molar-refractivity contribution in [3.8, 4) is 6.07 Å². The van der Waals surface area contributed by atoms with Crippen LogP contribution in [0.1, 0.15) is 18.4 Å². The van der Waals surface area contributed by atoms with Crippen LogP contribution in [0.2, 0.25) is 0 Å². The number of halogens is 1. The van der Waals surface area contributed by atoms with Crippen molar-refractivity contribution in [1.82, 2.24) is 4.31 Å². The Morgan fingerprint density at radius 1 is 1.50 bits per heavy atom. The van der Waals surface area contributed by atoms with E-state index in [9.17, 15) is 12.8 Å². The molecule has 0 atom stereocenters. The predicted molar refractivity (Wildman–Crippen MR) is 63.7 cm³/mol. The molecule has 0 heterocycles. The number of nitriles is 1. The zero-order chi connectivity index (χ0) is 13.3. The third kappa shape index (κ3) is 2.37. The van der Waals surface area contributed by atoms with Crippen LogP contribution >= 0.6 is 0 Å². The van der Waals surface area contributed by atoms with Crippen LogP contribution < -0.4 is 0 Å². The van der Waals surface area contributed by atoms with Crippen molar-refractivity contribution in [2.24, 2.45) is 0 Å². The molecule has 1 aliphatic carbocycles. The van der Waals surface area contributed by atoms with E-state index in [1.807, 2.05) is 6.07 Å². The van der Waals surface area contributed by atoms with Gasteiger partial charge < -0.3 is 0 Å². The van der Waals surface area contributed by atoms with Crippen LogP contribution in [0, 0.1) is 24.1 Å². The Labute approximate surface area is 106 Å². The lowest BCUT2D eigenvalue weighted by Crippen LogP contribution is -2.33. The van der Waals surface area contributed by atoms with Gasteiger partial charge in [0.2, 0.25) is 10.0 Å². The molecule has 2 rings (SSSR count). The Bertz CT molecular complexity index is 603. The number of hydrogen-bond acceptors (Lipinski definition) is 3. The largest absolute Gasteiger partial charge is 0.244 e. The van der Waals surface area contributed by atoms with E-state index >= 15 is 0 Å². The van der Waals surface area contributed by atoms with Crippen LogP contribution in [0.15, 0.2) is 23.1 Å². The summed E-state index contributed by atoms with van der Waals surface area (Å²) < 4.78 is 39.0. The number of sulfonamides is 1. The Morgan fingerprint density at radius 3 is 2.67 bits per heavy atom. The van der Waals surface area contributed by atoms with Gasteiger partial charge in [-0.05, 0) is 43.5 Å². The second-order valence-electron chi connectivity index (χ2n) is 4.35. The summed E-state index contributed by atoms with van der Waals surface area (Å²) in [5.41, 5.74) is 0.281. The smallest absolute Gasteiger partial charge is 0.207 e. The summed E-state index contributed by atoms with van der Waals surface area (Å²) in [5.74, 6) is -0.438. The number of hydrogen-bond donors (Lipinski definition) is 0. The van der Waals surface area contributed by atoms with Gasteiger partial charge in [0.1, 0.15) is 12.4 Å². The highest BCUT2D eigenvalue weighted by molar-refractivity contribution is 7.89. The van der Waals surface area contributed by atoms with E-state index < -0.39 is 15.8 Å². The van der Waals surface area contributed by atoms with Gasteiger partial charge in [0.15, 0.2) is 0 Å². The first-order valence-corrected chi connectivity index (χ1v) is 7.06. The fraction of sp³-hybridized carbons (Fsp3) is 0.417. The summed E-state index contributed by atoms with van der Waals surface area (Å²) in [6.07, 6.45) is 1.56. The summed E-state index contributed by atoms with van der Waals surface area (Å²) in [5, 5.41) is 8.71. The molecule has 0 unspecified atom stereocenters. The number of aryl methyl sites for hydroxylation is 1.